The standard InChI is InChI=1S/C23H22BrF3N4O2/c1-12-6-15(24)9-29-20(12)18(32)8-13-2-5-17(25)16(7-13)23(22(26)27)11-31(10-19(28)30-23)21(33)14-3-4-14/h2,5-7,9,14,22H,3-4,8,10-11H2,1H3,(H2,28,30). The summed E-state index contributed by atoms with van der Waals surface area (Å²) >= 11 is 3.29. The van der Waals surface area contributed by atoms with Gasteiger partial charge in [-0.3, -0.25) is 19.6 Å². The number of aryl methyl sites for hydroxylation is 1. The van der Waals surface area contributed by atoms with Crippen LogP contribution in [0, 0.1) is 18.7 Å². The molecule has 4 rings (SSSR count). The van der Waals surface area contributed by atoms with E-state index in [-0.39, 0.29) is 47.7 Å². The lowest BCUT2D eigenvalue weighted by atomic mass is 9.86. The average Bonchev–Trinajstić information content (AvgIpc) is 3.59. The van der Waals surface area contributed by atoms with E-state index in [1.165, 1.54) is 23.2 Å². The predicted molar refractivity (Wildman–Crippen MR) is 120 cm³/mol. The van der Waals surface area contributed by atoms with Gasteiger partial charge in [-0.2, -0.15) is 0 Å². The minimum absolute atomic E-state index is 0.0713. The summed E-state index contributed by atoms with van der Waals surface area (Å²) in [4.78, 5) is 34.7. The van der Waals surface area contributed by atoms with Crippen molar-refractivity contribution in [3.8, 4) is 0 Å². The summed E-state index contributed by atoms with van der Waals surface area (Å²) < 4.78 is 44.6. The second kappa shape index (κ2) is 8.89. The Morgan fingerprint density at radius 3 is 2.67 bits per heavy atom. The van der Waals surface area contributed by atoms with Crippen molar-refractivity contribution in [2.24, 2.45) is 16.6 Å². The number of ketones is 1. The molecule has 0 radical (unpaired) electrons. The number of carbonyl (C=O) groups is 2. The molecule has 1 aromatic carbocycles. The maximum absolute atomic E-state index is 14.9. The van der Waals surface area contributed by atoms with Crippen LogP contribution in [0.3, 0.4) is 0 Å². The zero-order chi connectivity index (χ0) is 23.9. The van der Waals surface area contributed by atoms with E-state index in [2.05, 4.69) is 25.9 Å². The van der Waals surface area contributed by atoms with E-state index in [0.717, 1.165) is 10.5 Å². The summed E-state index contributed by atoms with van der Waals surface area (Å²) in [6.45, 7) is 1.18. The third-order valence-corrected chi connectivity index (χ3v) is 6.33. The lowest BCUT2D eigenvalue weighted by molar-refractivity contribution is -0.134. The molecule has 1 aromatic heterocycles. The molecule has 1 atom stereocenters. The van der Waals surface area contributed by atoms with Gasteiger partial charge in [0.2, 0.25) is 5.91 Å². The fourth-order valence-electron chi connectivity index (χ4n) is 4.11. The van der Waals surface area contributed by atoms with Gasteiger partial charge in [0.15, 0.2) is 11.3 Å². The molecule has 1 unspecified atom stereocenters. The minimum Gasteiger partial charge on any atom is -0.386 e. The quantitative estimate of drug-likeness (QED) is 0.584. The summed E-state index contributed by atoms with van der Waals surface area (Å²) in [5.41, 5.74) is 4.34. The Balaban J connectivity index is 1.69. The normalized spacial score (nSPS) is 20.7. The van der Waals surface area contributed by atoms with Gasteiger partial charge in [0, 0.05) is 28.6 Å². The van der Waals surface area contributed by atoms with Crippen LogP contribution in [0.2, 0.25) is 0 Å². The van der Waals surface area contributed by atoms with Crippen molar-refractivity contribution in [3.63, 3.8) is 0 Å². The summed E-state index contributed by atoms with van der Waals surface area (Å²) in [5.74, 6) is -1.88. The molecule has 0 bridgehead atoms. The van der Waals surface area contributed by atoms with Crippen molar-refractivity contribution in [2.45, 2.75) is 38.2 Å². The van der Waals surface area contributed by atoms with Crippen molar-refractivity contribution in [2.75, 3.05) is 13.1 Å². The first-order valence-electron chi connectivity index (χ1n) is 10.5. The van der Waals surface area contributed by atoms with Crippen LogP contribution < -0.4 is 5.73 Å². The molecule has 6 nitrogen and oxygen atoms in total. The van der Waals surface area contributed by atoms with Gasteiger partial charge in [-0.05, 0) is 65.0 Å². The molecule has 0 spiro atoms. The average molecular weight is 523 g/mol. The van der Waals surface area contributed by atoms with Crippen molar-refractivity contribution in [1.82, 2.24) is 9.88 Å². The van der Waals surface area contributed by atoms with Crippen molar-refractivity contribution >= 4 is 33.5 Å². The highest BCUT2D eigenvalue weighted by molar-refractivity contribution is 9.10. The summed E-state index contributed by atoms with van der Waals surface area (Å²) in [6, 6.07) is 5.37. The molecule has 2 heterocycles. The molecule has 10 heteroatoms. The first-order chi connectivity index (χ1) is 15.6. The lowest BCUT2D eigenvalue weighted by Crippen LogP contribution is -2.55. The number of nitrogens with zero attached hydrogens (tertiary/aromatic N) is 3. The fraction of sp³-hybridized carbons (Fsp3) is 0.391. The SMILES string of the molecule is Cc1cc(Br)cnc1C(=O)Cc1ccc(F)c(C2(C(F)F)CN(C(=O)C3CC3)CC(N)=N2)c1. The Kier molecular flexibility index (Phi) is 6.30. The molecule has 1 amide bonds. The molecular weight excluding hydrogens is 501 g/mol. The maximum atomic E-state index is 14.9. The van der Waals surface area contributed by atoms with Crippen LogP contribution in [-0.2, 0) is 16.8 Å². The summed E-state index contributed by atoms with van der Waals surface area (Å²) in [7, 11) is 0. The van der Waals surface area contributed by atoms with E-state index in [9.17, 15) is 22.8 Å². The molecule has 1 saturated carbocycles. The molecule has 1 aliphatic heterocycles. The second-order valence-corrected chi connectivity index (χ2v) is 9.45. The predicted octanol–water partition coefficient (Wildman–Crippen LogP) is 3.79. The highest BCUT2D eigenvalue weighted by Gasteiger charge is 2.50. The van der Waals surface area contributed by atoms with Gasteiger partial charge in [-0.15, -0.1) is 0 Å². The Bertz CT molecular complexity index is 1150. The smallest absolute Gasteiger partial charge is 0.269 e. The van der Waals surface area contributed by atoms with E-state index in [1.54, 1.807) is 13.0 Å². The number of benzene rings is 1. The zero-order valence-corrected chi connectivity index (χ0v) is 19.4. The van der Waals surface area contributed by atoms with Gasteiger partial charge in [0.25, 0.3) is 6.43 Å². The van der Waals surface area contributed by atoms with Crippen molar-refractivity contribution < 1.29 is 22.8 Å². The van der Waals surface area contributed by atoms with Crippen LogP contribution in [0.1, 0.15) is 40.0 Å². The number of hydrogen-bond acceptors (Lipinski definition) is 5. The monoisotopic (exact) mass is 522 g/mol. The Labute approximate surface area is 197 Å². The number of halogens is 4. The second-order valence-electron chi connectivity index (χ2n) is 8.53. The minimum atomic E-state index is -3.12. The number of amidine groups is 1. The number of aliphatic imine (C=N–C) groups is 1. The third kappa shape index (κ3) is 4.66. The van der Waals surface area contributed by atoms with Gasteiger partial charge in [-0.25, -0.2) is 13.2 Å². The largest absolute Gasteiger partial charge is 0.386 e. The number of pyridine rings is 1. The first kappa shape index (κ1) is 23.4. The molecule has 2 aliphatic rings. The highest BCUT2D eigenvalue weighted by Crippen LogP contribution is 2.40. The number of aromatic nitrogens is 1. The van der Waals surface area contributed by atoms with Gasteiger partial charge in [0.05, 0.1) is 13.1 Å². The van der Waals surface area contributed by atoms with Crippen LogP contribution >= 0.6 is 15.9 Å². The molecule has 1 fully saturated rings. The lowest BCUT2D eigenvalue weighted by Gasteiger charge is -2.39. The van der Waals surface area contributed by atoms with Gasteiger partial charge in [0.1, 0.15) is 17.3 Å². The number of carbonyl (C=O) groups excluding carboxylic acids is 2. The van der Waals surface area contributed by atoms with Crippen LogP contribution in [0.4, 0.5) is 13.2 Å². The number of rotatable bonds is 6. The van der Waals surface area contributed by atoms with Gasteiger partial charge < -0.3 is 10.6 Å². The Morgan fingerprint density at radius 1 is 1.30 bits per heavy atom. The van der Waals surface area contributed by atoms with Crippen molar-refractivity contribution in [1.29, 1.82) is 0 Å². The first-order valence-corrected chi connectivity index (χ1v) is 11.3. The van der Waals surface area contributed by atoms with E-state index in [1.807, 2.05) is 0 Å². The third-order valence-electron chi connectivity index (χ3n) is 5.90. The Hall–Kier alpha value is -2.75. The van der Waals surface area contributed by atoms with E-state index in [0.29, 0.717) is 24.0 Å². The molecule has 1 aliphatic carbocycles. The Morgan fingerprint density at radius 2 is 2.03 bits per heavy atom. The molecule has 174 valence electrons. The highest BCUT2D eigenvalue weighted by atomic mass is 79.9. The summed E-state index contributed by atoms with van der Waals surface area (Å²) in [6.07, 6.45) is -0.395. The van der Waals surface area contributed by atoms with Crippen LogP contribution in [0.15, 0.2) is 39.9 Å². The fourth-order valence-corrected chi connectivity index (χ4v) is 4.56. The van der Waals surface area contributed by atoms with Gasteiger partial charge in [-0.1, -0.05) is 6.07 Å². The van der Waals surface area contributed by atoms with E-state index in [4.69, 9.17) is 5.73 Å². The molecule has 0 saturated heterocycles. The number of amides is 1. The van der Waals surface area contributed by atoms with Gasteiger partial charge >= 0.3 is 0 Å². The van der Waals surface area contributed by atoms with Crippen molar-refractivity contribution in [3.05, 3.63) is 63.1 Å². The number of alkyl halides is 2. The van der Waals surface area contributed by atoms with E-state index < -0.39 is 24.3 Å². The molecule has 2 N–H and O–H groups in total. The van der Waals surface area contributed by atoms with Crippen LogP contribution in [0.5, 0.6) is 0 Å². The van der Waals surface area contributed by atoms with Crippen LogP contribution in [0.25, 0.3) is 0 Å². The maximum Gasteiger partial charge on any atom is 0.269 e. The number of Topliss-reactive ketones (excluding diaryl/α,β-unsaturated/α-hetero) is 1. The molecular formula is C23H22BrF3N4O2. The summed E-state index contributed by atoms with van der Waals surface area (Å²) in [5, 5.41) is 0. The van der Waals surface area contributed by atoms with E-state index >= 15 is 0 Å². The molecule has 33 heavy (non-hydrogen) atoms. The number of hydrogen-bond donors (Lipinski definition) is 1. The topological polar surface area (TPSA) is 88.7 Å². The zero-order valence-electron chi connectivity index (χ0n) is 17.8. The number of nitrogens with two attached hydrogens (primary N) is 1. The molecule has 2 aromatic rings. The van der Waals surface area contributed by atoms with Crippen LogP contribution in [-0.4, -0.2) is 46.9 Å².